The van der Waals surface area contributed by atoms with E-state index in [2.05, 4.69) is 53.2 Å². The lowest BCUT2D eigenvalue weighted by Gasteiger charge is -2.50. The fourth-order valence-corrected chi connectivity index (χ4v) is 7.50. The second-order valence-electron chi connectivity index (χ2n) is 12.8. The van der Waals surface area contributed by atoms with Gasteiger partial charge in [0.2, 0.25) is 11.8 Å². The van der Waals surface area contributed by atoms with E-state index in [4.69, 9.17) is 4.74 Å². The van der Waals surface area contributed by atoms with E-state index in [1.54, 1.807) is 0 Å². The van der Waals surface area contributed by atoms with Crippen LogP contribution in [-0.2, 0) is 14.3 Å². The Morgan fingerprint density at radius 1 is 1.03 bits per heavy atom. The van der Waals surface area contributed by atoms with Crippen molar-refractivity contribution in [1.82, 2.24) is 15.1 Å². The van der Waals surface area contributed by atoms with E-state index < -0.39 is 0 Å². The van der Waals surface area contributed by atoms with Gasteiger partial charge in [0.15, 0.2) is 0 Å². The van der Waals surface area contributed by atoms with Gasteiger partial charge in [-0.1, -0.05) is 44.2 Å². The van der Waals surface area contributed by atoms with Crippen molar-refractivity contribution in [3.8, 4) is 0 Å². The van der Waals surface area contributed by atoms with Crippen LogP contribution in [-0.4, -0.2) is 65.0 Å². The summed E-state index contributed by atoms with van der Waals surface area (Å²) in [7, 11) is 0. The molecule has 3 heterocycles. The highest BCUT2D eigenvalue weighted by Crippen LogP contribution is 2.47. The minimum absolute atomic E-state index is 0.0524. The van der Waals surface area contributed by atoms with Gasteiger partial charge in [-0.05, 0) is 68.8 Å². The van der Waals surface area contributed by atoms with Crippen LogP contribution in [0.1, 0.15) is 83.2 Å². The third-order valence-electron chi connectivity index (χ3n) is 9.42. The van der Waals surface area contributed by atoms with E-state index in [0.29, 0.717) is 23.5 Å². The van der Waals surface area contributed by atoms with Crippen LogP contribution >= 0.6 is 0 Å². The summed E-state index contributed by atoms with van der Waals surface area (Å²) in [5.74, 6) is 0.561. The molecule has 2 saturated carbocycles. The van der Waals surface area contributed by atoms with Crippen LogP contribution in [0, 0.1) is 11.3 Å². The fraction of sp³-hybridized carbons (Fsp3) is 0.724. The number of amides is 2. The molecule has 6 rings (SSSR count). The molecule has 3 unspecified atom stereocenters. The largest absolute Gasteiger partial charge is 0.363 e. The second-order valence-corrected chi connectivity index (χ2v) is 12.8. The molecule has 1 N–H and O–H groups in total. The van der Waals surface area contributed by atoms with Gasteiger partial charge >= 0.3 is 0 Å². The summed E-state index contributed by atoms with van der Waals surface area (Å²) in [4.78, 5) is 30.3. The summed E-state index contributed by atoms with van der Waals surface area (Å²) >= 11 is 0. The second kappa shape index (κ2) is 8.88. The lowest BCUT2D eigenvalue weighted by atomic mass is 9.64. The lowest BCUT2D eigenvalue weighted by molar-refractivity contribution is -0.177. The molecule has 3 atom stereocenters. The molecule has 35 heavy (non-hydrogen) atoms. The number of hydrogen-bond acceptors (Lipinski definition) is 4. The normalized spacial score (nSPS) is 33.5. The van der Waals surface area contributed by atoms with E-state index in [1.165, 1.54) is 18.4 Å². The van der Waals surface area contributed by atoms with Crippen molar-refractivity contribution in [2.45, 2.75) is 101 Å². The number of hydrogen-bond donors (Lipinski definition) is 1. The Morgan fingerprint density at radius 2 is 1.69 bits per heavy atom. The molecular formula is C29H41N3O3. The van der Waals surface area contributed by atoms with Gasteiger partial charge in [0.25, 0.3) is 0 Å². The van der Waals surface area contributed by atoms with Crippen molar-refractivity contribution in [3.63, 3.8) is 0 Å². The molecule has 5 fully saturated rings. The van der Waals surface area contributed by atoms with Gasteiger partial charge < -0.3 is 15.0 Å². The Balaban J connectivity index is 1.10. The molecule has 5 aliphatic rings. The average molecular weight is 480 g/mol. The van der Waals surface area contributed by atoms with Gasteiger partial charge in [-0.2, -0.15) is 0 Å². The Kier molecular flexibility index (Phi) is 5.96. The molecule has 0 radical (unpaired) electrons. The molecule has 2 bridgehead atoms. The quantitative estimate of drug-likeness (QED) is 0.641. The SMILES string of the molecule is CC1(C)CC(C(=O)NC(CCN2C3CCC2CC2(C3)CN(C3CC3)C(=O)CO2)c2ccccc2)C1. The minimum atomic E-state index is -0.150. The Hall–Kier alpha value is -1.92. The number of carbonyl (C=O) groups excluding carboxylic acids is 2. The van der Waals surface area contributed by atoms with E-state index in [0.717, 1.165) is 58.0 Å². The van der Waals surface area contributed by atoms with Crippen LogP contribution in [0.15, 0.2) is 30.3 Å². The first-order valence-corrected chi connectivity index (χ1v) is 13.9. The van der Waals surface area contributed by atoms with Gasteiger partial charge in [0, 0.05) is 30.6 Å². The van der Waals surface area contributed by atoms with Gasteiger partial charge in [-0.15, -0.1) is 0 Å². The molecule has 1 aromatic rings. The zero-order chi connectivity index (χ0) is 24.2. The smallest absolute Gasteiger partial charge is 0.248 e. The van der Waals surface area contributed by atoms with Gasteiger partial charge in [-0.3, -0.25) is 14.5 Å². The highest BCUT2D eigenvalue weighted by molar-refractivity contribution is 5.80. The van der Waals surface area contributed by atoms with Crippen LogP contribution in [0.5, 0.6) is 0 Å². The maximum Gasteiger partial charge on any atom is 0.248 e. The maximum absolute atomic E-state index is 13.0. The van der Waals surface area contributed by atoms with Gasteiger partial charge in [-0.25, -0.2) is 0 Å². The number of carbonyl (C=O) groups is 2. The first-order chi connectivity index (χ1) is 16.8. The molecule has 0 aromatic heterocycles. The van der Waals surface area contributed by atoms with Gasteiger partial charge in [0.1, 0.15) is 6.61 Å². The summed E-state index contributed by atoms with van der Waals surface area (Å²) in [5, 5.41) is 3.42. The van der Waals surface area contributed by atoms with Gasteiger partial charge in [0.05, 0.1) is 18.2 Å². The number of rotatable bonds is 7. The third kappa shape index (κ3) is 4.76. The van der Waals surface area contributed by atoms with E-state index >= 15 is 0 Å². The van der Waals surface area contributed by atoms with E-state index in [1.807, 2.05) is 6.07 Å². The first kappa shape index (κ1) is 23.5. The number of piperidine rings is 1. The number of fused-ring (bicyclic) bond motifs is 2. The van der Waals surface area contributed by atoms with Crippen molar-refractivity contribution in [2.24, 2.45) is 11.3 Å². The van der Waals surface area contributed by atoms with Crippen molar-refractivity contribution in [1.29, 1.82) is 0 Å². The van der Waals surface area contributed by atoms with Crippen LogP contribution in [0.4, 0.5) is 0 Å². The predicted molar refractivity (Wildman–Crippen MR) is 135 cm³/mol. The summed E-state index contributed by atoms with van der Waals surface area (Å²) in [6.45, 7) is 6.54. The number of nitrogens with zero attached hydrogens (tertiary/aromatic N) is 2. The standard InChI is InChI=1S/C29H41N3O3/c1-28(2)14-21(15-28)27(34)30-25(20-6-4-3-5-7-20)12-13-31-23-10-11-24(31)17-29(16-23)19-32(22-8-9-22)26(33)18-35-29/h3-7,21-25H,8-19H2,1-2H3,(H,30,34). The third-order valence-corrected chi connectivity index (χ3v) is 9.42. The van der Waals surface area contributed by atoms with Crippen LogP contribution in [0.25, 0.3) is 0 Å². The molecule has 1 spiro atoms. The molecule has 190 valence electrons. The summed E-state index contributed by atoms with van der Waals surface area (Å²) < 4.78 is 6.29. The molecule has 6 nitrogen and oxygen atoms in total. The molecule has 3 aliphatic heterocycles. The van der Waals surface area contributed by atoms with E-state index in [9.17, 15) is 9.59 Å². The Bertz CT molecular complexity index is 937. The van der Waals surface area contributed by atoms with Crippen molar-refractivity contribution >= 4 is 11.8 Å². The summed E-state index contributed by atoms with van der Waals surface area (Å²) in [6, 6.07) is 12.0. The number of ether oxygens (including phenoxy) is 1. The lowest BCUT2D eigenvalue weighted by Crippen LogP contribution is -2.61. The molecule has 2 amide bonds. The number of morpholine rings is 1. The zero-order valence-corrected chi connectivity index (χ0v) is 21.4. The van der Waals surface area contributed by atoms with E-state index in [-0.39, 0.29) is 36.0 Å². The minimum Gasteiger partial charge on any atom is -0.363 e. The molecule has 1 aromatic carbocycles. The number of nitrogens with one attached hydrogen (secondary N) is 1. The van der Waals surface area contributed by atoms with Crippen molar-refractivity contribution in [2.75, 3.05) is 19.7 Å². The highest BCUT2D eigenvalue weighted by Gasteiger charge is 2.53. The topological polar surface area (TPSA) is 61.9 Å². The van der Waals surface area contributed by atoms with Crippen molar-refractivity contribution in [3.05, 3.63) is 35.9 Å². The number of benzene rings is 1. The average Bonchev–Trinajstić information content (AvgIpc) is 3.63. The molecule has 3 saturated heterocycles. The fourth-order valence-electron chi connectivity index (χ4n) is 7.50. The zero-order valence-electron chi connectivity index (χ0n) is 21.4. The predicted octanol–water partition coefficient (Wildman–Crippen LogP) is 4.06. The molecule has 2 aliphatic carbocycles. The van der Waals surface area contributed by atoms with Crippen LogP contribution in [0.2, 0.25) is 0 Å². The monoisotopic (exact) mass is 479 g/mol. The highest BCUT2D eigenvalue weighted by atomic mass is 16.5. The Morgan fingerprint density at radius 3 is 2.31 bits per heavy atom. The Labute approximate surface area is 209 Å². The van der Waals surface area contributed by atoms with Crippen LogP contribution in [0.3, 0.4) is 0 Å². The van der Waals surface area contributed by atoms with Crippen LogP contribution < -0.4 is 5.32 Å². The summed E-state index contributed by atoms with van der Waals surface area (Å²) in [6.07, 6.45) is 9.70. The maximum atomic E-state index is 13.0. The molecular weight excluding hydrogens is 438 g/mol. The summed E-state index contributed by atoms with van der Waals surface area (Å²) in [5.41, 5.74) is 1.35. The molecule has 6 heteroatoms. The van der Waals surface area contributed by atoms with Crippen molar-refractivity contribution < 1.29 is 14.3 Å². The first-order valence-electron chi connectivity index (χ1n) is 13.9.